The second-order valence-corrected chi connectivity index (χ2v) is 6.16. The van der Waals surface area contributed by atoms with Gasteiger partial charge in [-0.25, -0.2) is 8.78 Å². The lowest BCUT2D eigenvalue weighted by molar-refractivity contribution is 0.293. The first-order valence-corrected chi connectivity index (χ1v) is 7.54. The van der Waals surface area contributed by atoms with Crippen LogP contribution in [0, 0.1) is 11.6 Å². The van der Waals surface area contributed by atoms with Crippen molar-refractivity contribution < 1.29 is 13.5 Å². The van der Waals surface area contributed by atoms with Crippen LogP contribution in [0.15, 0.2) is 30.3 Å². The molecule has 22 heavy (non-hydrogen) atoms. The molecule has 2 heterocycles. The highest BCUT2D eigenvalue weighted by Crippen LogP contribution is 2.40. The van der Waals surface area contributed by atoms with Gasteiger partial charge < -0.3 is 9.64 Å². The van der Waals surface area contributed by atoms with Crippen LogP contribution >= 0.6 is 0 Å². The molecule has 114 valence electrons. The van der Waals surface area contributed by atoms with E-state index in [4.69, 9.17) is 4.74 Å². The Bertz CT molecular complexity index is 724. The summed E-state index contributed by atoms with van der Waals surface area (Å²) in [4.78, 5) is 2.20. The Kier molecular flexibility index (Phi) is 3.15. The van der Waals surface area contributed by atoms with Crippen molar-refractivity contribution in [3.8, 4) is 5.75 Å². The number of fused-ring (bicyclic) bond motifs is 3. The lowest BCUT2D eigenvalue weighted by Gasteiger charge is -2.33. The maximum Gasteiger partial charge on any atom is 0.126 e. The lowest BCUT2D eigenvalue weighted by Crippen LogP contribution is -2.31. The number of benzene rings is 2. The number of ether oxygens (including phenoxy) is 1. The van der Waals surface area contributed by atoms with Gasteiger partial charge in [-0.1, -0.05) is 6.07 Å². The molecular formula is C18H17F2NO. The number of likely N-dealkylation sites (N-methyl/N-ethyl adjacent to an activating group) is 1. The number of hydrogen-bond acceptors (Lipinski definition) is 2. The third-order valence-electron chi connectivity index (χ3n) is 4.62. The summed E-state index contributed by atoms with van der Waals surface area (Å²) in [6.07, 6.45) is 0.913. The first-order chi connectivity index (χ1) is 10.6. The van der Waals surface area contributed by atoms with Crippen molar-refractivity contribution >= 4 is 0 Å². The number of rotatable bonds is 1. The van der Waals surface area contributed by atoms with Crippen LogP contribution < -0.4 is 4.74 Å². The summed E-state index contributed by atoms with van der Waals surface area (Å²) in [6, 6.07) is 7.86. The first kappa shape index (κ1) is 13.7. The van der Waals surface area contributed by atoms with Gasteiger partial charge in [-0.2, -0.15) is 0 Å². The Morgan fingerprint density at radius 1 is 1.09 bits per heavy atom. The first-order valence-electron chi connectivity index (χ1n) is 7.54. The van der Waals surface area contributed by atoms with Crippen molar-refractivity contribution in [3.63, 3.8) is 0 Å². The molecule has 4 heteroatoms. The molecule has 2 aliphatic heterocycles. The van der Waals surface area contributed by atoms with Crippen LogP contribution in [0.5, 0.6) is 5.75 Å². The summed E-state index contributed by atoms with van der Waals surface area (Å²) in [5.41, 5.74) is 4.39. The van der Waals surface area contributed by atoms with Gasteiger partial charge in [0.2, 0.25) is 0 Å². The fourth-order valence-electron chi connectivity index (χ4n) is 3.68. The van der Waals surface area contributed by atoms with Gasteiger partial charge in [0, 0.05) is 37.1 Å². The van der Waals surface area contributed by atoms with Crippen molar-refractivity contribution in [2.45, 2.75) is 18.9 Å². The highest BCUT2D eigenvalue weighted by atomic mass is 19.1. The zero-order valence-electron chi connectivity index (χ0n) is 12.4. The maximum atomic E-state index is 13.6. The Balaban J connectivity index is 1.86. The van der Waals surface area contributed by atoms with E-state index < -0.39 is 11.6 Å². The van der Waals surface area contributed by atoms with Gasteiger partial charge >= 0.3 is 0 Å². The highest BCUT2D eigenvalue weighted by molar-refractivity contribution is 5.51. The minimum atomic E-state index is -0.519. The van der Waals surface area contributed by atoms with Crippen molar-refractivity contribution in [1.29, 1.82) is 0 Å². The van der Waals surface area contributed by atoms with Gasteiger partial charge in [-0.15, -0.1) is 0 Å². The van der Waals surface area contributed by atoms with E-state index in [1.807, 2.05) is 13.1 Å². The molecule has 1 atom stereocenters. The summed E-state index contributed by atoms with van der Waals surface area (Å²) < 4.78 is 32.8. The quantitative estimate of drug-likeness (QED) is 0.799. The molecule has 0 aromatic heterocycles. The van der Waals surface area contributed by atoms with Gasteiger partial charge in [0.15, 0.2) is 0 Å². The normalized spacial score (nSPS) is 20.4. The molecule has 0 radical (unpaired) electrons. The van der Waals surface area contributed by atoms with Gasteiger partial charge in [0.25, 0.3) is 0 Å². The summed E-state index contributed by atoms with van der Waals surface area (Å²) in [6.45, 7) is 2.33. The molecule has 2 aliphatic rings. The standard InChI is InChI=1S/C18H17F2NO/c1-21-9-16(11-6-12(19)8-13(20)7-11)14-2-3-18-15(4-5-22-18)17(14)10-21/h2-3,6-8,16H,4-5,9-10H2,1H3/t16-/m0/s1. The predicted octanol–water partition coefficient (Wildman–Crippen LogP) is 3.48. The zero-order valence-corrected chi connectivity index (χ0v) is 12.4. The fourth-order valence-corrected chi connectivity index (χ4v) is 3.68. The number of hydrogen-bond donors (Lipinski definition) is 0. The Hall–Kier alpha value is -1.94. The molecule has 0 amide bonds. The van der Waals surface area contributed by atoms with Crippen LogP contribution in [0.25, 0.3) is 0 Å². The van der Waals surface area contributed by atoms with E-state index >= 15 is 0 Å². The van der Waals surface area contributed by atoms with E-state index in [9.17, 15) is 8.78 Å². The Morgan fingerprint density at radius 2 is 1.86 bits per heavy atom. The van der Waals surface area contributed by atoms with E-state index in [2.05, 4.69) is 11.0 Å². The molecule has 0 saturated carbocycles. The Morgan fingerprint density at radius 3 is 2.64 bits per heavy atom. The molecule has 4 rings (SSSR count). The molecule has 0 fully saturated rings. The number of nitrogens with zero attached hydrogens (tertiary/aromatic N) is 1. The zero-order chi connectivity index (χ0) is 15.3. The van der Waals surface area contributed by atoms with E-state index in [-0.39, 0.29) is 5.92 Å². The summed E-state index contributed by atoms with van der Waals surface area (Å²) in [5, 5.41) is 0. The molecule has 0 aliphatic carbocycles. The SMILES string of the molecule is CN1Cc2c(ccc3c2CCO3)[C@H](c2cc(F)cc(F)c2)C1. The fraction of sp³-hybridized carbons (Fsp3) is 0.333. The predicted molar refractivity (Wildman–Crippen MR) is 80.2 cm³/mol. The Labute approximate surface area is 128 Å². The molecule has 0 spiro atoms. The van der Waals surface area contributed by atoms with E-state index in [1.54, 1.807) is 0 Å². The number of halogens is 2. The van der Waals surface area contributed by atoms with Crippen LogP contribution in [0.2, 0.25) is 0 Å². The monoisotopic (exact) mass is 301 g/mol. The molecule has 0 saturated heterocycles. The van der Waals surface area contributed by atoms with E-state index in [0.717, 1.165) is 37.9 Å². The molecule has 0 unspecified atom stereocenters. The average Bonchev–Trinajstić information content (AvgIpc) is 2.94. The second kappa shape index (κ2) is 5.06. The third kappa shape index (κ3) is 2.18. The molecule has 0 N–H and O–H groups in total. The topological polar surface area (TPSA) is 12.5 Å². The smallest absolute Gasteiger partial charge is 0.126 e. The van der Waals surface area contributed by atoms with Gasteiger partial charge in [0.1, 0.15) is 17.4 Å². The van der Waals surface area contributed by atoms with Crippen LogP contribution in [0.4, 0.5) is 8.78 Å². The van der Waals surface area contributed by atoms with E-state index in [1.165, 1.54) is 28.8 Å². The van der Waals surface area contributed by atoms with Crippen molar-refractivity contribution in [2.24, 2.45) is 0 Å². The molecule has 2 nitrogen and oxygen atoms in total. The van der Waals surface area contributed by atoms with Crippen molar-refractivity contribution in [3.05, 3.63) is 64.2 Å². The third-order valence-corrected chi connectivity index (χ3v) is 4.62. The van der Waals surface area contributed by atoms with Gasteiger partial charge in [0.05, 0.1) is 6.61 Å². The minimum absolute atomic E-state index is 0.00940. The van der Waals surface area contributed by atoms with Crippen LogP contribution in [0.3, 0.4) is 0 Å². The van der Waals surface area contributed by atoms with Crippen LogP contribution in [0.1, 0.15) is 28.2 Å². The lowest BCUT2D eigenvalue weighted by atomic mass is 9.82. The maximum absolute atomic E-state index is 13.6. The molecule has 0 bridgehead atoms. The molecule has 2 aromatic rings. The van der Waals surface area contributed by atoms with Crippen molar-refractivity contribution in [2.75, 3.05) is 20.2 Å². The van der Waals surface area contributed by atoms with Gasteiger partial charge in [-0.05, 0) is 41.9 Å². The van der Waals surface area contributed by atoms with Crippen LogP contribution in [-0.2, 0) is 13.0 Å². The second-order valence-electron chi connectivity index (χ2n) is 6.16. The summed E-state index contributed by atoms with van der Waals surface area (Å²) in [5.74, 6) is -0.0911. The summed E-state index contributed by atoms with van der Waals surface area (Å²) in [7, 11) is 2.04. The van der Waals surface area contributed by atoms with Crippen LogP contribution in [-0.4, -0.2) is 25.1 Å². The molecular weight excluding hydrogens is 284 g/mol. The highest BCUT2D eigenvalue weighted by Gasteiger charge is 2.30. The minimum Gasteiger partial charge on any atom is -0.493 e. The molecule has 2 aromatic carbocycles. The van der Waals surface area contributed by atoms with Crippen molar-refractivity contribution in [1.82, 2.24) is 4.90 Å². The van der Waals surface area contributed by atoms with Gasteiger partial charge in [-0.3, -0.25) is 0 Å². The van der Waals surface area contributed by atoms with E-state index in [0.29, 0.717) is 5.56 Å². The average molecular weight is 301 g/mol. The summed E-state index contributed by atoms with van der Waals surface area (Å²) >= 11 is 0. The largest absolute Gasteiger partial charge is 0.493 e.